The molecule has 96 valence electrons. The molecule has 0 saturated heterocycles. The van der Waals surface area contributed by atoms with Gasteiger partial charge in [-0.2, -0.15) is 0 Å². The molecule has 3 heterocycles. The fraction of sp³-hybridized carbons (Fsp3) is 0.143. The maximum absolute atomic E-state index is 11.3. The average Bonchev–Trinajstić information content (AvgIpc) is 2.99. The second-order valence-electron chi connectivity index (χ2n) is 4.35. The van der Waals surface area contributed by atoms with E-state index in [0.29, 0.717) is 17.8 Å². The number of carbonyl (C=O) groups is 1. The van der Waals surface area contributed by atoms with E-state index in [4.69, 9.17) is 4.42 Å². The molecule has 0 unspecified atom stereocenters. The van der Waals surface area contributed by atoms with Crippen LogP contribution in [0.5, 0.6) is 0 Å². The van der Waals surface area contributed by atoms with E-state index in [0.717, 1.165) is 11.3 Å². The van der Waals surface area contributed by atoms with Crippen LogP contribution in [0.1, 0.15) is 27.6 Å². The number of aryl methyl sites for hydroxylation is 1. The van der Waals surface area contributed by atoms with E-state index < -0.39 is 5.97 Å². The van der Waals surface area contributed by atoms with Crippen molar-refractivity contribution in [1.29, 1.82) is 0 Å². The molecule has 5 nitrogen and oxygen atoms in total. The molecule has 3 aromatic rings. The molecule has 0 aromatic carbocycles. The first-order valence-corrected chi connectivity index (χ1v) is 5.89. The third-order valence-corrected chi connectivity index (χ3v) is 3.05. The highest BCUT2D eigenvalue weighted by Crippen LogP contribution is 2.19. The van der Waals surface area contributed by atoms with Crippen molar-refractivity contribution in [2.75, 3.05) is 0 Å². The number of pyridine rings is 1. The van der Waals surface area contributed by atoms with Gasteiger partial charge in [0, 0.05) is 6.20 Å². The largest absolute Gasteiger partial charge is 0.476 e. The molecular weight excluding hydrogens is 244 g/mol. The van der Waals surface area contributed by atoms with Gasteiger partial charge in [-0.3, -0.25) is 0 Å². The van der Waals surface area contributed by atoms with E-state index in [1.54, 1.807) is 16.7 Å². The smallest absolute Gasteiger partial charge is 0.356 e. The van der Waals surface area contributed by atoms with Crippen LogP contribution in [0.15, 0.2) is 41.1 Å². The van der Waals surface area contributed by atoms with E-state index in [1.807, 2.05) is 31.3 Å². The van der Waals surface area contributed by atoms with E-state index in [1.165, 1.54) is 0 Å². The summed E-state index contributed by atoms with van der Waals surface area (Å²) in [6.07, 6.45) is 3.87. The van der Waals surface area contributed by atoms with E-state index >= 15 is 0 Å². The number of furan rings is 1. The van der Waals surface area contributed by atoms with Crippen LogP contribution in [-0.4, -0.2) is 20.5 Å². The van der Waals surface area contributed by atoms with Crippen LogP contribution < -0.4 is 0 Å². The molecule has 0 amide bonds. The minimum Gasteiger partial charge on any atom is -0.476 e. The standard InChI is InChI=1S/C14H12N2O3/c1-9-4-2-6-16-11(8-10-5-3-7-19-10)15-12(13(9)16)14(17)18/h2-7H,8H2,1H3,(H,17,18). The fourth-order valence-corrected chi connectivity index (χ4v) is 2.21. The zero-order chi connectivity index (χ0) is 13.4. The first-order chi connectivity index (χ1) is 9.16. The predicted molar refractivity (Wildman–Crippen MR) is 68.4 cm³/mol. The summed E-state index contributed by atoms with van der Waals surface area (Å²) in [6.45, 7) is 1.88. The van der Waals surface area contributed by atoms with Gasteiger partial charge in [0.05, 0.1) is 18.2 Å². The molecule has 0 saturated carbocycles. The Labute approximate surface area is 109 Å². The highest BCUT2D eigenvalue weighted by molar-refractivity contribution is 5.94. The van der Waals surface area contributed by atoms with Gasteiger partial charge in [-0.1, -0.05) is 6.07 Å². The van der Waals surface area contributed by atoms with Gasteiger partial charge in [0.2, 0.25) is 0 Å². The van der Waals surface area contributed by atoms with E-state index in [-0.39, 0.29) is 5.69 Å². The minimum atomic E-state index is -1.02. The first kappa shape index (κ1) is 11.5. The number of imidazole rings is 1. The van der Waals surface area contributed by atoms with Crippen molar-refractivity contribution in [3.05, 3.63) is 59.6 Å². The summed E-state index contributed by atoms with van der Waals surface area (Å²) in [6, 6.07) is 7.40. The van der Waals surface area contributed by atoms with Crippen molar-refractivity contribution >= 4 is 11.5 Å². The highest BCUT2D eigenvalue weighted by atomic mass is 16.4. The average molecular weight is 256 g/mol. The molecule has 0 aliphatic rings. The van der Waals surface area contributed by atoms with Crippen molar-refractivity contribution in [3.8, 4) is 0 Å². The van der Waals surface area contributed by atoms with Crippen molar-refractivity contribution in [3.63, 3.8) is 0 Å². The SMILES string of the molecule is Cc1cccn2c(Cc3ccco3)nc(C(=O)O)c12. The van der Waals surface area contributed by atoms with Crippen LogP contribution in [-0.2, 0) is 6.42 Å². The second-order valence-corrected chi connectivity index (χ2v) is 4.35. The van der Waals surface area contributed by atoms with E-state index in [2.05, 4.69) is 4.98 Å². The molecular formula is C14H12N2O3. The zero-order valence-corrected chi connectivity index (χ0v) is 10.3. The van der Waals surface area contributed by atoms with Crippen molar-refractivity contribution < 1.29 is 14.3 Å². The molecule has 5 heteroatoms. The fourth-order valence-electron chi connectivity index (χ4n) is 2.21. The number of hydrogen-bond donors (Lipinski definition) is 1. The quantitative estimate of drug-likeness (QED) is 0.781. The number of hydrogen-bond acceptors (Lipinski definition) is 3. The van der Waals surface area contributed by atoms with Gasteiger partial charge >= 0.3 is 5.97 Å². The van der Waals surface area contributed by atoms with Gasteiger partial charge in [-0.25, -0.2) is 9.78 Å². The Morgan fingerprint density at radius 3 is 2.95 bits per heavy atom. The molecule has 0 fully saturated rings. The lowest BCUT2D eigenvalue weighted by Crippen LogP contribution is -1.98. The summed E-state index contributed by atoms with van der Waals surface area (Å²) in [4.78, 5) is 15.5. The lowest BCUT2D eigenvalue weighted by molar-refractivity contribution is 0.0693. The molecule has 0 aliphatic carbocycles. The Kier molecular flexibility index (Phi) is 2.59. The number of fused-ring (bicyclic) bond motifs is 1. The van der Waals surface area contributed by atoms with Crippen LogP contribution in [0.25, 0.3) is 5.52 Å². The van der Waals surface area contributed by atoms with Gasteiger partial charge in [0.15, 0.2) is 5.69 Å². The lowest BCUT2D eigenvalue weighted by Gasteiger charge is -2.01. The minimum absolute atomic E-state index is 0.0830. The monoisotopic (exact) mass is 256 g/mol. The first-order valence-electron chi connectivity index (χ1n) is 5.89. The van der Waals surface area contributed by atoms with Crippen LogP contribution >= 0.6 is 0 Å². The van der Waals surface area contributed by atoms with Crippen molar-refractivity contribution in [1.82, 2.24) is 9.38 Å². The maximum Gasteiger partial charge on any atom is 0.356 e. The molecule has 0 aliphatic heterocycles. The lowest BCUT2D eigenvalue weighted by atomic mass is 10.2. The molecule has 0 spiro atoms. The van der Waals surface area contributed by atoms with Crippen LogP contribution in [0.4, 0.5) is 0 Å². The molecule has 0 radical (unpaired) electrons. The Hall–Kier alpha value is -2.56. The third kappa shape index (κ3) is 1.89. The Morgan fingerprint density at radius 2 is 2.26 bits per heavy atom. The molecule has 0 bridgehead atoms. The predicted octanol–water partition coefficient (Wildman–Crippen LogP) is 2.52. The summed E-state index contributed by atoms with van der Waals surface area (Å²) in [5, 5.41) is 9.25. The maximum atomic E-state index is 11.3. The van der Waals surface area contributed by atoms with Gasteiger partial charge in [0.25, 0.3) is 0 Å². The zero-order valence-electron chi connectivity index (χ0n) is 10.3. The third-order valence-electron chi connectivity index (χ3n) is 3.05. The van der Waals surface area contributed by atoms with Crippen LogP contribution in [0, 0.1) is 6.92 Å². The van der Waals surface area contributed by atoms with E-state index in [9.17, 15) is 9.90 Å². The summed E-state index contributed by atoms with van der Waals surface area (Å²) in [5.41, 5.74) is 1.61. The van der Waals surface area contributed by atoms with Gasteiger partial charge in [0.1, 0.15) is 11.6 Å². The molecule has 3 rings (SSSR count). The topological polar surface area (TPSA) is 67.7 Å². The summed E-state index contributed by atoms with van der Waals surface area (Å²) < 4.78 is 7.09. The number of carboxylic acid groups (broad SMARTS) is 1. The summed E-state index contributed by atoms with van der Waals surface area (Å²) >= 11 is 0. The van der Waals surface area contributed by atoms with Gasteiger partial charge in [-0.05, 0) is 30.7 Å². The highest BCUT2D eigenvalue weighted by Gasteiger charge is 2.18. The Balaban J connectivity index is 2.20. The number of carboxylic acids is 1. The van der Waals surface area contributed by atoms with Crippen LogP contribution in [0.2, 0.25) is 0 Å². The molecule has 1 N–H and O–H groups in total. The number of rotatable bonds is 3. The normalized spacial score (nSPS) is 11.0. The summed E-state index contributed by atoms with van der Waals surface area (Å²) in [7, 11) is 0. The van der Waals surface area contributed by atoms with Gasteiger partial charge in [-0.15, -0.1) is 0 Å². The summed E-state index contributed by atoms with van der Waals surface area (Å²) in [5.74, 6) is 0.397. The van der Waals surface area contributed by atoms with Crippen molar-refractivity contribution in [2.45, 2.75) is 13.3 Å². The Bertz CT molecular complexity index is 741. The van der Waals surface area contributed by atoms with Gasteiger partial charge < -0.3 is 13.9 Å². The molecule has 19 heavy (non-hydrogen) atoms. The number of aromatic nitrogens is 2. The van der Waals surface area contributed by atoms with Crippen molar-refractivity contribution in [2.24, 2.45) is 0 Å². The molecule has 0 atom stereocenters. The number of nitrogens with zero attached hydrogens (tertiary/aromatic N) is 2. The number of aromatic carboxylic acids is 1. The van der Waals surface area contributed by atoms with Crippen LogP contribution in [0.3, 0.4) is 0 Å². The molecule has 3 aromatic heterocycles. The second kappa shape index (κ2) is 4.28. The Morgan fingerprint density at radius 1 is 1.42 bits per heavy atom.